The summed E-state index contributed by atoms with van der Waals surface area (Å²) in [6, 6.07) is 10.7. The summed E-state index contributed by atoms with van der Waals surface area (Å²) in [7, 11) is 0. The molecule has 2 aliphatic heterocycles. The second kappa shape index (κ2) is 6.85. The maximum absolute atomic E-state index is 12.0. The van der Waals surface area contributed by atoms with Crippen LogP contribution < -0.4 is 5.32 Å². The topological polar surface area (TPSA) is 35.6 Å². The first-order valence-corrected chi connectivity index (χ1v) is 9.14. The fourth-order valence-corrected chi connectivity index (χ4v) is 4.06. The molecule has 1 aromatic carbocycles. The van der Waals surface area contributed by atoms with Gasteiger partial charge in [0, 0.05) is 32.0 Å². The molecule has 2 saturated heterocycles. The minimum absolute atomic E-state index is 0.0212. The predicted octanol–water partition coefficient (Wildman–Crippen LogP) is 2.46. The highest BCUT2D eigenvalue weighted by Gasteiger charge is 2.40. The van der Waals surface area contributed by atoms with Gasteiger partial charge in [0.2, 0.25) is 5.91 Å². The molecule has 0 aliphatic carbocycles. The van der Waals surface area contributed by atoms with E-state index in [1.807, 2.05) is 4.90 Å². The van der Waals surface area contributed by atoms with Crippen molar-refractivity contribution < 1.29 is 4.79 Å². The molecular formula is C20H31N3O. The molecule has 3 rings (SSSR count). The van der Waals surface area contributed by atoms with E-state index in [0.29, 0.717) is 12.1 Å². The van der Waals surface area contributed by atoms with Crippen LogP contribution in [0.1, 0.15) is 39.2 Å². The molecule has 0 spiro atoms. The van der Waals surface area contributed by atoms with Crippen molar-refractivity contribution in [3.05, 3.63) is 35.9 Å². The minimum atomic E-state index is -0.0212. The van der Waals surface area contributed by atoms with Gasteiger partial charge >= 0.3 is 0 Å². The molecule has 0 aromatic heterocycles. The number of likely N-dealkylation sites (tertiary alicyclic amines) is 1. The molecule has 132 valence electrons. The third kappa shape index (κ3) is 3.81. The van der Waals surface area contributed by atoms with Crippen molar-refractivity contribution in [1.29, 1.82) is 0 Å². The molecule has 4 heteroatoms. The molecule has 0 bridgehead atoms. The third-order valence-corrected chi connectivity index (χ3v) is 5.83. The van der Waals surface area contributed by atoms with Crippen LogP contribution in [0.2, 0.25) is 0 Å². The predicted molar refractivity (Wildman–Crippen MR) is 97.8 cm³/mol. The van der Waals surface area contributed by atoms with Gasteiger partial charge in [0.05, 0.1) is 6.67 Å². The largest absolute Gasteiger partial charge is 0.329 e. The number of carbonyl (C=O) groups is 1. The van der Waals surface area contributed by atoms with E-state index in [1.165, 1.54) is 18.4 Å². The highest BCUT2D eigenvalue weighted by Crippen LogP contribution is 2.34. The van der Waals surface area contributed by atoms with Gasteiger partial charge in [0.1, 0.15) is 0 Å². The lowest BCUT2D eigenvalue weighted by Gasteiger charge is -2.47. The van der Waals surface area contributed by atoms with Crippen molar-refractivity contribution in [2.24, 2.45) is 5.41 Å². The van der Waals surface area contributed by atoms with Gasteiger partial charge in [-0.3, -0.25) is 10.1 Å². The minimum Gasteiger partial charge on any atom is -0.329 e. The molecule has 2 heterocycles. The Kier molecular flexibility index (Phi) is 4.97. The highest BCUT2D eigenvalue weighted by atomic mass is 16.2. The zero-order chi connectivity index (χ0) is 17.2. The Balaban J connectivity index is 1.82. The van der Waals surface area contributed by atoms with E-state index in [1.54, 1.807) is 6.92 Å². The lowest BCUT2D eigenvalue weighted by molar-refractivity contribution is -0.131. The van der Waals surface area contributed by atoms with Gasteiger partial charge in [0.25, 0.3) is 0 Å². The SMILES string of the molecule is CC(=O)N1CNCC(CN2CCC(C)(C)CC2)(c2ccccc2)C1. The van der Waals surface area contributed by atoms with Gasteiger partial charge in [-0.1, -0.05) is 44.2 Å². The van der Waals surface area contributed by atoms with Crippen LogP contribution >= 0.6 is 0 Å². The van der Waals surface area contributed by atoms with Crippen LogP contribution in [0.5, 0.6) is 0 Å². The third-order valence-electron chi connectivity index (χ3n) is 5.83. The van der Waals surface area contributed by atoms with E-state index in [0.717, 1.165) is 32.7 Å². The molecule has 1 unspecified atom stereocenters. The summed E-state index contributed by atoms with van der Waals surface area (Å²) >= 11 is 0. The highest BCUT2D eigenvalue weighted by molar-refractivity contribution is 5.73. The molecule has 0 radical (unpaired) electrons. The number of piperidine rings is 1. The second-order valence-electron chi connectivity index (χ2n) is 8.39. The summed E-state index contributed by atoms with van der Waals surface area (Å²) in [4.78, 5) is 16.5. The molecule has 24 heavy (non-hydrogen) atoms. The fraction of sp³-hybridized carbons (Fsp3) is 0.650. The molecular weight excluding hydrogens is 298 g/mol. The van der Waals surface area contributed by atoms with Crippen molar-refractivity contribution in [2.45, 2.75) is 39.0 Å². The van der Waals surface area contributed by atoms with Gasteiger partial charge in [-0.05, 0) is 36.9 Å². The maximum atomic E-state index is 12.0. The quantitative estimate of drug-likeness (QED) is 0.925. The fourth-order valence-electron chi connectivity index (χ4n) is 4.06. The number of amides is 1. The van der Waals surface area contributed by atoms with E-state index in [9.17, 15) is 4.79 Å². The van der Waals surface area contributed by atoms with E-state index in [4.69, 9.17) is 0 Å². The van der Waals surface area contributed by atoms with Crippen LogP contribution in [0.4, 0.5) is 0 Å². The Morgan fingerprint density at radius 1 is 1.17 bits per heavy atom. The Bertz CT molecular complexity index is 562. The lowest BCUT2D eigenvalue weighted by atomic mass is 9.76. The Morgan fingerprint density at radius 3 is 2.46 bits per heavy atom. The summed E-state index contributed by atoms with van der Waals surface area (Å²) in [5.41, 5.74) is 1.78. The van der Waals surface area contributed by atoms with Gasteiger partial charge in [-0.15, -0.1) is 0 Å². The van der Waals surface area contributed by atoms with Crippen molar-refractivity contribution in [1.82, 2.24) is 15.1 Å². The Morgan fingerprint density at radius 2 is 1.83 bits per heavy atom. The van der Waals surface area contributed by atoms with Crippen molar-refractivity contribution >= 4 is 5.91 Å². The number of hydrogen-bond acceptors (Lipinski definition) is 3. The van der Waals surface area contributed by atoms with Crippen molar-refractivity contribution in [3.8, 4) is 0 Å². The first-order chi connectivity index (χ1) is 11.4. The van der Waals surface area contributed by atoms with Crippen LogP contribution in [0.15, 0.2) is 30.3 Å². The zero-order valence-electron chi connectivity index (χ0n) is 15.3. The summed E-state index contributed by atoms with van der Waals surface area (Å²) < 4.78 is 0. The van der Waals surface area contributed by atoms with Crippen LogP contribution in [-0.2, 0) is 10.2 Å². The van der Waals surface area contributed by atoms with Crippen LogP contribution in [0.25, 0.3) is 0 Å². The van der Waals surface area contributed by atoms with Crippen LogP contribution in [0.3, 0.4) is 0 Å². The summed E-state index contributed by atoms with van der Waals surface area (Å²) in [5.74, 6) is 0.155. The van der Waals surface area contributed by atoms with Gasteiger partial charge in [0.15, 0.2) is 0 Å². The molecule has 4 nitrogen and oxygen atoms in total. The van der Waals surface area contributed by atoms with E-state index < -0.39 is 0 Å². The Labute approximate surface area is 146 Å². The average molecular weight is 329 g/mol. The van der Waals surface area contributed by atoms with Crippen molar-refractivity contribution in [2.75, 3.05) is 39.4 Å². The lowest BCUT2D eigenvalue weighted by Crippen LogP contribution is -2.61. The van der Waals surface area contributed by atoms with Crippen LogP contribution in [0, 0.1) is 5.41 Å². The van der Waals surface area contributed by atoms with E-state index in [-0.39, 0.29) is 11.3 Å². The van der Waals surface area contributed by atoms with Gasteiger partial charge in [-0.25, -0.2) is 0 Å². The molecule has 1 atom stereocenters. The molecule has 2 aliphatic rings. The molecule has 1 aromatic rings. The molecule has 1 N–H and O–H groups in total. The summed E-state index contributed by atoms with van der Waals surface area (Å²) in [6.07, 6.45) is 2.50. The molecule has 1 amide bonds. The van der Waals surface area contributed by atoms with Gasteiger partial charge < -0.3 is 9.80 Å². The maximum Gasteiger partial charge on any atom is 0.220 e. The summed E-state index contributed by atoms with van der Waals surface area (Å²) in [5, 5.41) is 3.49. The zero-order valence-corrected chi connectivity index (χ0v) is 15.3. The van der Waals surface area contributed by atoms with E-state index in [2.05, 4.69) is 54.4 Å². The second-order valence-corrected chi connectivity index (χ2v) is 8.39. The summed E-state index contributed by atoms with van der Waals surface area (Å²) in [6.45, 7) is 12.1. The number of benzene rings is 1. The number of rotatable bonds is 3. The number of hydrogen-bond donors (Lipinski definition) is 1. The first kappa shape index (κ1) is 17.4. The smallest absolute Gasteiger partial charge is 0.220 e. The first-order valence-electron chi connectivity index (χ1n) is 9.14. The van der Waals surface area contributed by atoms with Crippen LogP contribution in [-0.4, -0.2) is 55.1 Å². The standard InChI is InChI=1S/C20H31N3O/c1-17(24)23-15-20(13-21-16-23,18-7-5-4-6-8-18)14-22-11-9-19(2,3)10-12-22/h4-8,21H,9-16H2,1-3H3. The molecule has 2 fully saturated rings. The van der Waals surface area contributed by atoms with Gasteiger partial charge in [-0.2, -0.15) is 0 Å². The average Bonchev–Trinajstić information content (AvgIpc) is 2.58. The number of nitrogens with zero attached hydrogens (tertiary/aromatic N) is 2. The van der Waals surface area contributed by atoms with E-state index >= 15 is 0 Å². The number of carbonyl (C=O) groups excluding carboxylic acids is 1. The Hall–Kier alpha value is -1.39. The molecule has 0 saturated carbocycles. The normalized spacial score (nSPS) is 27.9. The number of nitrogens with one attached hydrogen (secondary N) is 1. The monoisotopic (exact) mass is 329 g/mol. The van der Waals surface area contributed by atoms with Crippen molar-refractivity contribution in [3.63, 3.8) is 0 Å².